The van der Waals surface area contributed by atoms with Gasteiger partial charge in [0, 0.05) is 39.3 Å². The third-order valence-corrected chi connectivity index (χ3v) is 4.20. The van der Waals surface area contributed by atoms with E-state index in [0.717, 1.165) is 13.0 Å². The van der Waals surface area contributed by atoms with Gasteiger partial charge < -0.3 is 15.0 Å². The summed E-state index contributed by atoms with van der Waals surface area (Å²) in [4.78, 5) is 39.2. The molecule has 0 fully saturated rings. The van der Waals surface area contributed by atoms with Crippen molar-refractivity contribution >= 4 is 29.5 Å². The topological polar surface area (TPSA) is 113 Å². The molecule has 1 aromatic carbocycles. The van der Waals surface area contributed by atoms with Gasteiger partial charge in [0.05, 0.1) is 5.69 Å². The molecule has 1 aromatic heterocycles. The van der Waals surface area contributed by atoms with E-state index in [1.807, 2.05) is 5.32 Å². The number of carbonyl (C=O) groups excluding carboxylic acids is 3. The number of rotatable bonds is 4. The minimum atomic E-state index is -0.842. The van der Waals surface area contributed by atoms with Gasteiger partial charge in [-0.3, -0.25) is 15.4 Å². The summed E-state index contributed by atoms with van der Waals surface area (Å²) >= 11 is 0. The number of benzene rings is 2. The lowest BCUT2D eigenvalue weighted by atomic mass is 10.3. The van der Waals surface area contributed by atoms with Crippen molar-refractivity contribution in [3.05, 3.63) is 66.6 Å². The second kappa shape index (κ2) is 10.2. The van der Waals surface area contributed by atoms with Crippen molar-refractivity contribution in [2.75, 3.05) is 24.7 Å². The molecular formula is C23H22FN5O4. The Balaban J connectivity index is 0.000000431. The van der Waals surface area contributed by atoms with Crippen LogP contribution in [0.3, 0.4) is 0 Å². The second-order valence-electron chi connectivity index (χ2n) is 7.16. The summed E-state index contributed by atoms with van der Waals surface area (Å²) in [6, 6.07) is 14.1. The van der Waals surface area contributed by atoms with Crippen LogP contribution in [0.2, 0.25) is 0 Å². The van der Waals surface area contributed by atoms with Crippen molar-refractivity contribution in [2.24, 2.45) is 0 Å². The van der Waals surface area contributed by atoms with Gasteiger partial charge in [-0.2, -0.15) is 0 Å². The normalized spacial score (nSPS) is 10.2. The Kier molecular flexibility index (Phi) is 7.19. The van der Waals surface area contributed by atoms with Crippen LogP contribution in [0.15, 0.2) is 60.8 Å². The van der Waals surface area contributed by atoms with Gasteiger partial charge in [0.15, 0.2) is 0 Å². The molecule has 0 atom stereocenters. The number of pyridine rings is 1. The van der Waals surface area contributed by atoms with Gasteiger partial charge in [-0.1, -0.05) is 18.2 Å². The van der Waals surface area contributed by atoms with Crippen LogP contribution in [0.25, 0.3) is 11.1 Å². The predicted octanol–water partition coefficient (Wildman–Crippen LogP) is 4.44. The molecule has 0 saturated heterocycles. The predicted molar refractivity (Wildman–Crippen MR) is 122 cm³/mol. The molecule has 9 nitrogen and oxygen atoms in total. The van der Waals surface area contributed by atoms with Crippen molar-refractivity contribution in [1.82, 2.24) is 15.2 Å². The molecule has 0 unspecified atom stereocenters. The lowest BCUT2D eigenvalue weighted by molar-refractivity contribution is -0.117. The molecule has 3 N–H and O–H groups in total. The monoisotopic (exact) mass is 451 g/mol. The van der Waals surface area contributed by atoms with E-state index in [-0.39, 0.29) is 23.3 Å². The van der Waals surface area contributed by atoms with E-state index in [0.29, 0.717) is 5.75 Å². The van der Waals surface area contributed by atoms with Crippen molar-refractivity contribution in [1.29, 1.82) is 0 Å². The minimum Gasteiger partial charge on any atom is -0.457 e. The lowest BCUT2D eigenvalue weighted by Gasteiger charge is -2.12. The second-order valence-corrected chi connectivity index (χ2v) is 7.16. The van der Waals surface area contributed by atoms with Crippen molar-refractivity contribution in [3.63, 3.8) is 0 Å². The van der Waals surface area contributed by atoms with Crippen LogP contribution in [0.1, 0.15) is 6.92 Å². The number of anilines is 2. The number of halogens is 1. The van der Waals surface area contributed by atoms with Crippen LogP contribution >= 0.6 is 0 Å². The van der Waals surface area contributed by atoms with E-state index in [9.17, 15) is 18.8 Å². The molecule has 5 amide bonds. The molecule has 33 heavy (non-hydrogen) atoms. The molecule has 2 aromatic rings. The Labute approximate surface area is 189 Å². The lowest BCUT2D eigenvalue weighted by Crippen LogP contribution is -2.32. The fourth-order valence-corrected chi connectivity index (χ4v) is 2.55. The fraction of sp³-hybridized carbons (Fsp3) is 0.130. The molecule has 0 bridgehead atoms. The summed E-state index contributed by atoms with van der Waals surface area (Å²) in [5.74, 6) is -0.551. The van der Waals surface area contributed by atoms with Gasteiger partial charge >= 0.3 is 12.1 Å². The van der Waals surface area contributed by atoms with Gasteiger partial charge in [-0.15, -0.1) is 0 Å². The van der Waals surface area contributed by atoms with E-state index in [1.54, 1.807) is 14.1 Å². The number of urea groups is 2. The molecule has 0 saturated carbocycles. The molecule has 10 heteroatoms. The van der Waals surface area contributed by atoms with Gasteiger partial charge in [-0.25, -0.2) is 19.0 Å². The van der Waals surface area contributed by atoms with Gasteiger partial charge in [0.1, 0.15) is 23.1 Å². The molecule has 4 rings (SSSR count). The zero-order valence-electron chi connectivity index (χ0n) is 18.2. The Bertz CT molecular complexity index is 1180. The number of nitrogens with one attached hydrogen (secondary N) is 3. The summed E-state index contributed by atoms with van der Waals surface area (Å²) in [7, 11) is 3.18. The average Bonchev–Trinajstić information content (AvgIpc) is 3.34. The first-order chi connectivity index (χ1) is 15.7. The van der Waals surface area contributed by atoms with E-state index < -0.39 is 17.8 Å². The SMILES string of the molecule is CC(=O)NC(=O)Nc1ccc(Oc2ccnc(NC(=O)N(C)C)c2)cc1F.c1cc2cc-2c1. The van der Waals surface area contributed by atoms with Crippen LogP contribution in [0, 0.1) is 5.82 Å². The number of ether oxygens (including phenoxy) is 1. The molecule has 2 aliphatic carbocycles. The van der Waals surface area contributed by atoms with Gasteiger partial charge in [0.2, 0.25) is 5.91 Å². The number of aromatic nitrogens is 1. The van der Waals surface area contributed by atoms with Crippen molar-refractivity contribution in [3.8, 4) is 22.6 Å². The summed E-state index contributed by atoms with van der Waals surface area (Å²) in [5.41, 5.74) is 2.74. The van der Waals surface area contributed by atoms with E-state index in [1.165, 1.54) is 46.5 Å². The number of imide groups is 1. The third-order valence-electron chi connectivity index (χ3n) is 4.20. The number of carbonyl (C=O) groups is 3. The van der Waals surface area contributed by atoms with Crippen LogP contribution in [-0.2, 0) is 4.79 Å². The average molecular weight is 451 g/mol. The highest BCUT2D eigenvalue weighted by Crippen LogP contribution is 2.32. The standard InChI is InChI=1S/C17H18FN5O4.C6H4/c1-10(24)20-16(25)21-14-5-4-11(8-13(14)18)27-12-6-7-19-15(9-12)22-17(26)23(2)3;1-2-5-4-6(5)3-1/h4-9H,1-3H3,(H,19,22,26)(H2,20,21,24,25);1-4H. The summed E-state index contributed by atoms with van der Waals surface area (Å²) < 4.78 is 19.6. The summed E-state index contributed by atoms with van der Waals surface area (Å²) in [6.45, 7) is 1.16. The molecule has 2 aliphatic rings. The maximum Gasteiger partial charge on any atom is 0.325 e. The molecule has 0 aliphatic heterocycles. The number of amides is 5. The number of hydrogen-bond acceptors (Lipinski definition) is 5. The van der Waals surface area contributed by atoms with Gasteiger partial charge in [0.25, 0.3) is 0 Å². The van der Waals surface area contributed by atoms with Crippen molar-refractivity contribution in [2.45, 2.75) is 6.92 Å². The Hall–Kier alpha value is -4.47. The number of hydrogen-bond donors (Lipinski definition) is 3. The van der Waals surface area contributed by atoms with E-state index in [2.05, 4.69) is 39.9 Å². The Morgan fingerprint density at radius 2 is 1.64 bits per heavy atom. The fourth-order valence-electron chi connectivity index (χ4n) is 2.55. The maximum absolute atomic E-state index is 14.1. The highest BCUT2D eigenvalue weighted by atomic mass is 19.1. The summed E-state index contributed by atoms with van der Waals surface area (Å²) in [6.07, 6.45) is 1.43. The Morgan fingerprint density at radius 1 is 0.939 bits per heavy atom. The first kappa shape index (κ1) is 23.2. The van der Waals surface area contributed by atoms with Crippen LogP contribution in [0.4, 0.5) is 25.5 Å². The highest BCUT2D eigenvalue weighted by molar-refractivity contribution is 6.00. The molecule has 0 spiro atoms. The molecule has 1 heterocycles. The van der Waals surface area contributed by atoms with Gasteiger partial charge in [-0.05, 0) is 35.4 Å². The van der Waals surface area contributed by atoms with Crippen LogP contribution in [-0.4, -0.2) is 41.9 Å². The maximum atomic E-state index is 14.1. The van der Waals surface area contributed by atoms with E-state index >= 15 is 0 Å². The number of fused-ring (bicyclic) bond motifs is 1. The van der Waals surface area contributed by atoms with Crippen LogP contribution in [0.5, 0.6) is 11.5 Å². The van der Waals surface area contributed by atoms with Crippen molar-refractivity contribution < 1.29 is 23.5 Å². The molecule has 170 valence electrons. The minimum absolute atomic E-state index is 0.116. The van der Waals surface area contributed by atoms with E-state index in [4.69, 9.17) is 4.74 Å². The summed E-state index contributed by atoms with van der Waals surface area (Å²) in [5, 5.41) is 6.75. The first-order valence-corrected chi connectivity index (χ1v) is 9.82. The molecule has 0 radical (unpaired) electrons. The largest absolute Gasteiger partial charge is 0.457 e. The zero-order chi connectivity index (χ0) is 24.0. The smallest absolute Gasteiger partial charge is 0.325 e. The highest BCUT2D eigenvalue weighted by Gasteiger charge is 2.11. The van der Waals surface area contributed by atoms with Crippen LogP contribution < -0.4 is 20.7 Å². The molecular weight excluding hydrogens is 429 g/mol. The quantitative estimate of drug-likeness (QED) is 0.425. The zero-order valence-corrected chi connectivity index (χ0v) is 18.2. The number of nitrogens with zero attached hydrogens (tertiary/aromatic N) is 2. The first-order valence-electron chi connectivity index (χ1n) is 9.82. The Morgan fingerprint density at radius 3 is 2.18 bits per heavy atom. The third kappa shape index (κ3) is 7.03.